The third-order valence-corrected chi connectivity index (χ3v) is 2.47. The van der Waals surface area contributed by atoms with Gasteiger partial charge in [-0.25, -0.2) is 0 Å². The molecule has 1 N–H and O–H groups in total. The Morgan fingerprint density at radius 1 is 1.47 bits per heavy atom. The molecule has 0 amide bonds. The summed E-state index contributed by atoms with van der Waals surface area (Å²) in [7, 11) is 0. The van der Waals surface area contributed by atoms with Crippen LogP contribution < -0.4 is 10.2 Å². The molecule has 1 saturated heterocycles. The van der Waals surface area contributed by atoms with Crippen molar-refractivity contribution < 1.29 is 4.92 Å². The van der Waals surface area contributed by atoms with E-state index in [0.29, 0.717) is 5.69 Å². The van der Waals surface area contributed by atoms with Gasteiger partial charge in [0.25, 0.3) is 5.69 Å². The second-order valence-corrected chi connectivity index (χ2v) is 3.41. The highest BCUT2D eigenvalue weighted by molar-refractivity contribution is 5.63. The molecule has 1 aliphatic heterocycles. The summed E-state index contributed by atoms with van der Waals surface area (Å²) < 4.78 is 0. The highest BCUT2D eigenvalue weighted by Crippen LogP contribution is 2.27. The van der Waals surface area contributed by atoms with E-state index in [2.05, 4.69) is 11.4 Å². The fraction of sp³-hybridized carbons (Fsp3) is 0.400. The summed E-state index contributed by atoms with van der Waals surface area (Å²) in [6.07, 6.45) is 0. The number of nitro groups is 1. The molecule has 1 aromatic rings. The zero-order valence-corrected chi connectivity index (χ0v) is 8.27. The van der Waals surface area contributed by atoms with Gasteiger partial charge in [0.05, 0.1) is 4.92 Å². The molecule has 5 heteroatoms. The third kappa shape index (κ3) is 2.07. The molecule has 0 spiro atoms. The molecule has 0 aliphatic carbocycles. The molecule has 1 heterocycles. The van der Waals surface area contributed by atoms with Crippen LogP contribution in [0.3, 0.4) is 0 Å². The highest BCUT2D eigenvalue weighted by atomic mass is 16.6. The SMILES string of the molecule is O=[N+]([O-])c1c[c]ccc1N1CCNCC1. The first kappa shape index (κ1) is 9.92. The first-order valence-corrected chi connectivity index (χ1v) is 4.89. The summed E-state index contributed by atoms with van der Waals surface area (Å²) in [5, 5.41) is 14.0. The van der Waals surface area contributed by atoms with E-state index in [1.807, 2.05) is 4.90 Å². The van der Waals surface area contributed by atoms with E-state index in [4.69, 9.17) is 0 Å². The molecule has 0 atom stereocenters. The Labute approximate surface area is 87.8 Å². The number of rotatable bonds is 2. The average Bonchev–Trinajstić information content (AvgIpc) is 2.30. The van der Waals surface area contributed by atoms with Crippen LogP contribution in [0.4, 0.5) is 11.4 Å². The van der Waals surface area contributed by atoms with Gasteiger partial charge in [-0.2, -0.15) is 0 Å². The van der Waals surface area contributed by atoms with Crippen LogP contribution in [0, 0.1) is 16.2 Å². The molecule has 5 nitrogen and oxygen atoms in total. The lowest BCUT2D eigenvalue weighted by atomic mass is 10.2. The molecule has 0 bridgehead atoms. The Morgan fingerprint density at radius 2 is 2.20 bits per heavy atom. The largest absolute Gasteiger partial charge is 0.363 e. The van der Waals surface area contributed by atoms with Gasteiger partial charge >= 0.3 is 0 Å². The Balaban J connectivity index is 2.29. The quantitative estimate of drug-likeness (QED) is 0.574. The smallest absolute Gasteiger partial charge is 0.293 e. The molecule has 2 rings (SSSR count). The number of benzene rings is 1. The van der Waals surface area contributed by atoms with E-state index in [9.17, 15) is 10.1 Å². The first-order chi connectivity index (χ1) is 7.29. The van der Waals surface area contributed by atoms with Crippen LogP contribution in [0.1, 0.15) is 0 Å². The number of nitrogens with zero attached hydrogens (tertiary/aromatic N) is 2. The Hall–Kier alpha value is -1.62. The number of piperazine rings is 1. The second kappa shape index (κ2) is 4.27. The molecule has 1 radical (unpaired) electrons. The fourth-order valence-electron chi connectivity index (χ4n) is 1.73. The summed E-state index contributed by atoms with van der Waals surface area (Å²) in [6.45, 7) is 3.36. The highest BCUT2D eigenvalue weighted by Gasteiger charge is 2.19. The van der Waals surface area contributed by atoms with E-state index in [-0.39, 0.29) is 10.6 Å². The van der Waals surface area contributed by atoms with Gasteiger partial charge in [0.15, 0.2) is 0 Å². The number of nitro benzene ring substituents is 1. The van der Waals surface area contributed by atoms with Crippen LogP contribution in [0.5, 0.6) is 0 Å². The van der Waals surface area contributed by atoms with Gasteiger partial charge in [-0.3, -0.25) is 10.1 Å². The first-order valence-electron chi connectivity index (χ1n) is 4.89. The van der Waals surface area contributed by atoms with Crippen LogP contribution in [0.25, 0.3) is 0 Å². The van der Waals surface area contributed by atoms with Crippen molar-refractivity contribution in [2.45, 2.75) is 0 Å². The van der Waals surface area contributed by atoms with Crippen molar-refractivity contribution >= 4 is 11.4 Å². The molecule has 1 aromatic carbocycles. The zero-order chi connectivity index (χ0) is 10.7. The van der Waals surface area contributed by atoms with E-state index >= 15 is 0 Å². The molecular formula is C10H12N3O2. The lowest BCUT2D eigenvalue weighted by molar-refractivity contribution is -0.384. The normalized spacial score (nSPS) is 16.4. The topological polar surface area (TPSA) is 58.4 Å². The van der Waals surface area contributed by atoms with Gasteiger partial charge in [0, 0.05) is 32.2 Å². The molecule has 1 fully saturated rings. The van der Waals surface area contributed by atoms with Crippen molar-refractivity contribution in [3.05, 3.63) is 34.4 Å². The monoisotopic (exact) mass is 206 g/mol. The summed E-state index contributed by atoms with van der Waals surface area (Å²) in [4.78, 5) is 12.5. The van der Waals surface area contributed by atoms with Crippen molar-refractivity contribution in [3.63, 3.8) is 0 Å². The van der Waals surface area contributed by atoms with Gasteiger partial charge in [-0.15, -0.1) is 0 Å². The Bertz CT molecular complexity index is 361. The fourth-order valence-corrected chi connectivity index (χ4v) is 1.73. The van der Waals surface area contributed by atoms with E-state index in [0.717, 1.165) is 26.2 Å². The van der Waals surface area contributed by atoms with Crippen molar-refractivity contribution in [1.82, 2.24) is 5.32 Å². The maximum Gasteiger partial charge on any atom is 0.293 e. The Morgan fingerprint density at radius 3 is 2.87 bits per heavy atom. The summed E-state index contributed by atoms with van der Waals surface area (Å²) in [6, 6.07) is 7.63. The lowest BCUT2D eigenvalue weighted by Crippen LogP contribution is -2.43. The maximum absolute atomic E-state index is 10.8. The van der Waals surface area contributed by atoms with E-state index in [1.165, 1.54) is 6.07 Å². The average molecular weight is 206 g/mol. The molecule has 79 valence electrons. The van der Waals surface area contributed by atoms with E-state index < -0.39 is 0 Å². The number of anilines is 1. The van der Waals surface area contributed by atoms with E-state index in [1.54, 1.807) is 12.1 Å². The van der Waals surface area contributed by atoms with Gasteiger partial charge in [0.1, 0.15) is 5.69 Å². The van der Waals surface area contributed by atoms with Crippen LogP contribution in [0.2, 0.25) is 0 Å². The van der Waals surface area contributed by atoms with Crippen molar-refractivity contribution in [2.75, 3.05) is 31.1 Å². The van der Waals surface area contributed by atoms with Crippen molar-refractivity contribution in [2.24, 2.45) is 0 Å². The summed E-state index contributed by atoms with van der Waals surface area (Å²) in [5.41, 5.74) is 0.833. The van der Waals surface area contributed by atoms with Crippen molar-refractivity contribution in [3.8, 4) is 0 Å². The van der Waals surface area contributed by atoms with Gasteiger partial charge in [-0.1, -0.05) is 6.07 Å². The van der Waals surface area contributed by atoms with Crippen LogP contribution in [0.15, 0.2) is 18.2 Å². The minimum absolute atomic E-state index is 0.138. The Kier molecular flexibility index (Phi) is 2.82. The van der Waals surface area contributed by atoms with Gasteiger partial charge in [0.2, 0.25) is 0 Å². The predicted octanol–water partition coefficient (Wildman–Crippen LogP) is 0.805. The molecule has 0 aromatic heterocycles. The third-order valence-electron chi connectivity index (χ3n) is 2.47. The molecule has 0 unspecified atom stereocenters. The molecule has 0 saturated carbocycles. The zero-order valence-electron chi connectivity index (χ0n) is 8.27. The van der Waals surface area contributed by atoms with Crippen LogP contribution >= 0.6 is 0 Å². The molecular weight excluding hydrogens is 194 g/mol. The number of nitrogens with one attached hydrogen (secondary N) is 1. The predicted molar refractivity (Wildman–Crippen MR) is 57.0 cm³/mol. The molecule has 15 heavy (non-hydrogen) atoms. The maximum atomic E-state index is 10.8. The number of hydrogen-bond acceptors (Lipinski definition) is 4. The van der Waals surface area contributed by atoms with Gasteiger partial charge < -0.3 is 10.2 Å². The second-order valence-electron chi connectivity index (χ2n) is 3.41. The standard InChI is InChI=1S/C10H12N3O2/c14-13(15)10-4-2-1-3-9(10)12-7-5-11-6-8-12/h1,3-4,11H,5-8H2. The number of hydrogen-bond donors (Lipinski definition) is 1. The van der Waals surface area contributed by atoms with Crippen molar-refractivity contribution in [1.29, 1.82) is 0 Å². The van der Waals surface area contributed by atoms with Crippen LogP contribution in [-0.2, 0) is 0 Å². The lowest BCUT2D eigenvalue weighted by Gasteiger charge is -2.28. The minimum Gasteiger partial charge on any atom is -0.363 e. The summed E-state index contributed by atoms with van der Waals surface area (Å²) in [5.74, 6) is 0. The molecule has 1 aliphatic rings. The van der Waals surface area contributed by atoms with Crippen LogP contribution in [-0.4, -0.2) is 31.1 Å². The summed E-state index contributed by atoms with van der Waals surface area (Å²) >= 11 is 0. The minimum atomic E-state index is -0.353. The van der Waals surface area contributed by atoms with Gasteiger partial charge in [-0.05, 0) is 12.1 Å².